The van der Waals surface area contributed by atoms with E-state index in [4.69, 9.17) is 69.6 Å². The summed E-state index contributed by atoms with van der Waals surface area (Å²) in [6, 6.07) is 15.5. The van der Waals surface area contributed by atoms with Gasteiger partial charge < -0.3 is 15.3 Å². The van der Waals surface area contributed by atoms with E-state index in [1.165, 1.54) is 18.2 Å². The third kappa shape index (κ3) is 6.81. The molecule has 0 unspecified atom stereocenters. The van der Waals surface area contributed by atoms with Crippen molar-refractivity contribution in [3.05, 3.63) is 102 Å². The minimum Gasteiger partial charge on any atom is -0.504 e. The maximum Gasteiger partial charge on any atom is 0.160 e. The number of halogens is 6. The van der Waals surface area contributed by atoms with Crippen LogP contribution in [0.3, 0.4) is 0 Å². The van der Waals surface area contributed by atoms with E-state index in [2.05, 4.69) is 15.0 Å². The van der Waals surface area contributed by atoms with Crippen LogP contribution in [0.15, 0.2) is 54.6 Å². The number of aryl methyl sites for hydroxylation is 3. The molecule has 0 bridgehead atoms. The Morgan fingerprint density at radius 2 is 0.643 bits per heavy atom. The first-order valence-corrected chi connectivity index (χ1v) is 14.4. The molecule has 0 amide bonds. The topological polar surface area (TPSA) is 99.4 Å². The molecule has 3 heterocycles. The average Bonchev–Trinajstić information content (AvgIpc) is 2.94. The van der Waals surface area contributed by atoms with Gasteiger partial charge in [-0.15, -0.1) is 0 Å². The van der Waals surface area contributed by atoms with E-state index >= 15 is 0 Å². The molecular formula is C30H21Cl6N3O3. The van der Waals surface area contributed by atoms with Crippen molar-refractivity contribution in [2.24, 2.45) is 0 Å². The van der Waals surface area contributed by atoms with Gasteiger partial charge in [0.15, 0.2) is 17.2 Å². The summed E-state index contributed by atoms with van der Waals surface area (Å²) in [7, 11) is 0. The first kappa shape index (κ1) is 32.0. The van der Waals surface area contributed by atoms with Gasteiger partial charge in [-0.2, -0.15) is 0 Å². The Balaban J connectivity index is 0.000000145. The Morgan fingerprint density at radius 1 is 0.405 bits per heavy atom. The second kappa shape index (κ2) is 13.1. The lowest BCUT2D eigenvalue weighted by Gasteiger charge is -2.05. The number of fused-ring (bicyclic) bond motifs is 3. The molecule has 3 aromatic heterocycles. The van der Waals surface area contributed by atoms with E-state index < -0.39 is 0 Å². The van der Waals surface area contributed by atoms with Crippen LogP contribution in [-0.2, 0) is 0 Å². The number of pyridine rings is 3. The Labute approximate surface area is 271 Å². The molecule has 0 aliphatic rings. The van der Waals surface area contributed by atoms with Crippen molar-refractivity contribution in [3.8, 4) is 17.2 Å². The molecule has 6 aromatic rings. The van der Waals surface area contributed by atoms with E-state index in [0.717, 1.165) is 17.1 Å². The number of phenols is 3. The van der Waals surface area contributed by atoms with Crippen molar-refractivity contribution < 1.29 is 15.3 Å². The van der Waals surface area contributed by atoms with Crippen LogP contribution in [0.2, 0.25) is 30.1 Å². The Kier molecular flexibility index (Phi) is 9.99. The smallest absolute Gasteiger partial charge is 0.160 e. The molecule has 0 saturated carbocycles. The van der Waals surface area contributed by atoms with Crippen LogP contribution >= 0.6 is 69.6 Å². The third-order valence-electron chi connectivity index (χ3n) is 5.99. The van der Waals surface area contributed by atoms with E-state index in [9.17, 15) is 15.3 Å². The summed E-state index contributed by atoms with van der Waals surface area (Å²) in [5, 5.41) is 33.2. The highest BCUT2D eigenvalue weighted by Gasteiger charge is 2.12. The molecule has 0 radical (unpaired) electrons. The molecule has 0 saturated heterocycles. The van der Waals surface area contributed by atoms with Crippen LogP contribution < -0.4 is 0 Å². The van der Waals surface area contributed by atoms with Crippen molar-refractivity contribution in [2.45, 2.75) is 20.8 Å². The number of benzene rings is 3. The average molecular weight is 684 g/mol. The number of aromatic nitrogens is 3. The standard InChI is InChI=1S/3C10H7Cl2NO/c3*1-5-2-3-6-7(11)4-8(12)10(14)9(6)13-5/h3*2-4,14H,1H3. The van der Waals surface area contributed by atoms with Crippen LogP contribution in [0.1, 0.15) is 17.1 Å². The lowest BCUT2D eigenvalue weighted by molar-refractivity contribution is 0.480. The molecule has 0 atom stereocenters. The van der Waals surface area contributed by atoms with Crippen LogP contribution in [0.25, 0.3) is 32.7 Å². The molecule has 12 heteroatoms. The quantitative estimate of drug-likeness (QED) is 0.147. The van der Waals surface area contributed by atoms with E-state index in [1.807, 2.05) is 57.2 Å². The summed E-state index contributed by atoms with van der Waals surface area (Å²) in [6.07, 6.45) is 0. The molecule has 0 spiro atoms. The van der Waals surface area contributed by atoms with Gasteiger partial charge in [0.05, 0.1) is 30.1 Å². The minimum absolute atomic E-state index is 0.0187. The lowest BCUT2D eigenvalue weighted by atomic mass is 10.2. The fourth-order valence-electron chi connectivity index (χ4n) is 3.90. The molecule has 3 aromatic carbocycles. The van der Waals surface area contributed by atoms with Crippen molar-refractivity contribution in [2.75, 3.05) is 0 Å². The summed E-state index contributed by atoms with van der Waals surface area (Å²) in [6.45, 7) is 5.52. The van der Waals surface area contributed by atoms with Gasteiger partial charge in [0.1, 0.15) is 16.6 Å². The molecule has 42 heavy (non-hydrogen) atoms. The van der Waals surface area contributed by atoms with Gasteiger partial charge in [-0.05, 0) is 75.4 Å². The maximum atomic E-state index is 9.65. The second-order valence-corrected chi connectivity index (χ2v) is 11.6. The van der Waals surface area contributed by atoms with Gasteiger partial charge in [0.2, 0.25) is 0 Å². The largest absolute Gasteiger partial charge is 0.504 e. The molecule has 216 valence electrons. The SMILES string of the molecule is Cc1ccc2c(Cl)cc(Cl)c(O)c2n1.Cc1ccc2c(Cl)cc(Cl)c(O)c2n1.Cc1ccc2c(Cl)cc(Cl)c(O)c2n1. The van der Waals surface area contributed by atoms with Gasteiger partial charge in [0, 0.05) is 33.2 Å². The lowest BCUT2D eigenvalue weighted by Crippen LogP contribution is -1.85. The van der Waals surface area contributed by atoms with Crippen molar-refractivity contribution in [1.29, 1.82) is 0 Å². The molecule has 3 N–H and O–H groups in total. The molecular weight excluding hydrogens is 663 g/mol. The van der Waals surface area contributed by atoms with Gasteiger partial charge in [-0.3, -0.25) is 0 Å². The van der Waals surface area contributed by atoms with Crippen LogP contribution in [0.4, 0.5) is 0 Å². The third-order valence-corrected chi connectivity index (χ3v) is 7.79. The summed E-state index contributed by atoms with van der Waals surface area (Å²) < 4.78 is 0. The highest BCUT2D eigenvalue weighted by Crippen LogP contribution is 2.38. The van der Waals surface area contributed by atoms with Crippen molar-refractivity contribution in [3.63, 3.8) is 0 Å². The summed E-state index contributed by atoms with van der Waals surface area (Å²) in [4.78, 5) is 12.5. The minimum atomic E-state index is -0.0187. The number of aromatic hydroxyl groups is 3. The fourth-order valence-corrected chi connectivity index (χ4v) is 5.45. The highest BCUT2D eigenvalue weighted by atomic mass is 35.5. The van der Waals surface area contributed by atoms with Gasteiger partial charge in [-0.1, -0.05) is 69.6 Å². The molecule has 0 aliphatic heterocycles. The first-order chi connectivity index (χ1) is 19.8. The van der Waals surface area contributed by atoms with E-state index in [1.54, 1.807) is 0 Å². The van der Waals surface area contributed by atoms with Crippen LogP contribution in [0.5, 0.6) is 17.2 Å². The normalized spacial score (nSPS) is 10.8. The Bertz CT molecular complexity index is 1760. The summed E-state index contributed by atoms with van der Waals surface area (Å²) >= 11 is 35.2. The van der Waals surface area contributed by atoms with Gasteiger partial charge in [-0.25, -0.2) is 15.0 Å². The van der Waals surface area contributed by atoms with E-state index in [0.29, 0.717) is 47.8 Å². The number of phenolic OH excluding ortho intramolecular Hbond substituents is 3. The number of nitrogens with zero attached hydrogens (tertiary/aromatic N) is 3. The monoisotopic (exact) mass is 681 g/mol. The zero-order valence-electron chi connectivity index (χ0n) is 22.1. The highest BCUT2D eigenvalue weighted by molar-refractivity contribution is 6.41. The van der Waals surface area contributed by atoms with Crippen molar-refractivity contribution in [1.82, 2.24) is 15.0 Å². The number of hydrogen-bond donors (Lipinski definition) is 3. The molecule has 0 aliphatic carbocycles. The Morgan fingerprint density at radius 3 is 0.881 bits per heavy atom. The van der Waals surface area contributed by atoms with Crippen LogP contribution in [-0.4, -0.2) is 30.3 Å². The zero-order valence-corrected chi connectivity index (χ0v) is 26.7. The molecule has 6 rings (SSSR count). The maximum absolute atomic E-state index is 9.65. The Hall–Kier alpha value is -2.97. The fraction of sp³-hybridized carbons (Fsp3) is 0.100. The van der Waals surface area contributed by atoms with E-state index in [-0.39, 0.29) is 32.3 Å². The summed E-state index contributed by atoms with van der Waals surface area (Å²) in [5.74, 6) is -0.0562. The number of rotatable bonds is 0. The zero-order chi connectivity index (χ0) is 30.9. The number of hydrogen-bond acceptors (Lipinski definition) is 6. The summed E-state index contributed by atoms with van der Waals surface area (Å²) in [5.41, 5.74) is 3.77. The molecule has 6 nitrogen and oxygen atoms in total. The second-order valence-electron chi connectivity index (χ2n) is 9.11. The predicted molar refractivity (Wildman–Crippen MR) is 174 cm³/mol. The van der Waals surface area contributed by atoms with Gasteiger partial charge in [0.25, 0.3) is 0 Å². The first-order valence-electron chi connectivity index (χ1n) is 12.1. The molecule has 0 fully saturated rings. The van der Waals surface area contributed by atoms with Crippen molar-refractivity contribution >= 4 is 102 Å². The van der Waals surface area contributed by atoms with Crippen LogP contribution in [0, 0.1) is 20.8 Å². The van der Waals surface area contributed by atoms with Gasteiger partial charge >= 0.3 is 0 Å². The predicted octanol–water partition coefficient (Wildman–Crippen LogP) is 10.7.